The summed E-state index contributed by atoms with van der Waals surface area (Å²) in [6, 6.07) is 12.1. The summed E-state index contributed by atoms with van der Waals surface area (Å²) in [5.74, 6) is 1.91. The van der Waals surface area contributed by atoms with Crippen LogP contribution >= 0.6 is 11.6 Å². The van der Waals surface area contributed by atoms with Crippen LogP contribution in [0.1, 0.15) is 5.56 Å². The number of rotatable bonds is 7. The van der Waals surface area contributed by atoms with Crippen LogP contribution in [0.2, 0.25) is 5.02 Å². The largest absolute Gasteiger partial charge is 0.454 e. The van der Waals surface area contributed by atoms with E-state index >= 15 is 0 Å². The zero-order valence-electron chi connectivity index (χ0n) is 15.8. The van der Waals surface area contributed by atoms with Gasteiger partial charge in [0.1, 0.15) is 11.5 Å². The second-order valence-corrected chi connectivity index (χ2v) is 8.67. The van der Waals surface area contributed by atoms with Crippen molar-refractivity contribution in [3.8, 4) is 11.5 Å². The van der Waals surface area contributed by atoms with Crippen LogP contribution in [0, 0.1) is 0 Å². The van der Waals surface area contributed by atoms with Crippen LogP contribution in [-0.2, 0) is 15.8 Å². The van der Waals surface area contributed by atoms with Gasteiger partial charge in [-0.25, -0.2) is 18.1 Å². The summed E-state index contributed by atoms with van der Waals surface area (Å²) in [5, 5.41) is 6.69. The minimum absolute atomic E-state index is 0.0897. The van der Waals surface area contributed by atoms with Gasteiger partial charge in [-0.1, -0.05) is 23.7 Å². The molecule has 2 heterocycles. The van der Waals surface area contributed by atoms with Gasteiger partial charge in [0.2, 0.25) is 22.8 Å². The molecule has 0 unspecified atom stereocenters. The van der Waals surface area contributed by atoms with E-state index in [-0.39, 0.29) is 12.5 Å². The highest BCUT2D eigenvalue weighted by molar-refractivity contribution is 7.88. The van der Waals surface area contributed by atoms with E-state index in [9.17, 15) is 8.42 Å². The Kier molecular flexibility index (Phi) is 5.62. The van der Waals surface area contributed by atoms with Crippen molar-refractivity contribution < 1.29 is 17.9 Å². The van der Waals surface area contributed by atoms with Crippen LogP contribution in [0.25, 0.3) is 0 Å². The fourth-order valence-corrected chi connectivity index (χ4v) is 3.76. The molecule has 1 aliphatic rings. The fourth-order valence-electron chi connectivity index (χ4n) is 2.79. The lowest BCUT2D eigenvalue weighted by atomic mass is 10.2. The number of hydrogen-bond donors (Lipinski definition) is 3. The Hall–Kier alpha value is -3.08. The van der Waals surface area contributed by atoms with E-state index in [4.69, 9.17) is 21.1 Å². The van der Waals surface area contributed by atoms with Gasteiger partial charge < -0.3 is 20.1 Å². The first kappa shape index (κ1) is 20.2. The Bertz CT molecular complexity index is 1170. The maximum absolute atomic E-state index is 11.6. The van der Waals surface area contributed by atoms with Crippen molar-refractivity contribution in [1.29, 1.82) is 0 Å². The van der Waals surface area contributed by atoms with Crippen LogP contribution in [0.3, 0.4) is 0 Å². The Morgan fingerprint density at radius 2 is 1.87 bits per heavy atom. The Balaban J connectivity index is 1.49. The van der Waals surface area contributed by atoms with Gasteiger partial charge in [-0.05, 0) is 42.9 Å². The highest BCUT2D eigenvalue weighted by atomic mass is 35.5. The van der Waals surface area contributed by atoms with Crippen LogP contribution in [0.4, 0.5) is 23.1 Å². The molecule has 0 atom stereocenters. The number of halogens is 1. The van der Waals surface area contributed by atoms with Gasteiger partial charge in [0.15, 0.2) is 11.5 Å². The van der Waals surface area contributed by atoms with E-state index in [0.717, 1.165) is 0 Å². The number of aromatic nitrogens is 2. The fraction of sp³-hybridized carbons (Fsp3) is 0.158. The molecule has 11 heteroatoms. The average molecular weight is 448 g/mol. The molecule has 0 saturated carbocycles. The van der Waals surface area contributed by atoms with E-state index in [1.807, 2.05) is 0 Å². The van der Waals surface area contributed by atoms with Crippen molar-refractivity contribution in [3.05, 3.63) is 59.2 Å². The van der Waals surface area contributed by atoms with Crippen molar-refractivity contribution >= 4 is 44.8 Å². The molecule has 30 heavy (non-hydrogen) atoms. The van der Waals surface area contributed by atoms with Gasteiger partial charge in [-0.15, -0.1) is 0 Å². The summed E-state index contributed by atoms with van der Waals surface area (Å²) in [6.45, 7) is 0.131. The number of benzene rings is 2. The summed E-state index contributed by atoms with van der Waals surface area (Å²) in [4.78, 5) is 8.64. The Morgan fingerprint density at radius 1 is 1.07 bits per heavy atom. The molecular weight excluding hydrogens is 430 g/mol. The highest BCUT2D eigenvalue weighted by Gasteiger charge is 2.21. The molecule has 0 bridgehead atoms. The third kappa shape index (κ3) is 4.56. The average Bonchev–Trinajstić information content (AvgIpc) is 3.21. The monoisotopic (exact) mass is 447 g/mol. The number of nitrogens with one attached hydrogen (secondary N) is 3. The smallest absolute Gasteiger partial charge is 0.231 e. The molecule has 0 saturated heterocycles. The molecule has 1 aliphatic heterocycles. The lowest BCUT2D eigenvalue weighted by Gasteiger charge is -2.12. The standard InChI is InChI=1S/C19H18ClN5O4S/c1-21-30(26,27)10-12-2-4-13(5-3-12)23-19-22-9-8-16(25-19)24-17-14(20)6-7-15-18(17)29-11-28-15/h2-9,21H,10-11H2,1H3,(H2,22,23,24,25). The molecule has 0 amide bonds. The summed E-state index contributed by atoms with van der Waals surface area (Å²) in [7, 11) is -1.93. The molecule has 156 valence electrons. The molecule has 4 rings (SSSR count). The van der Waals surface area contributed by atoms with E-state index in [1.165, 1.54) is 7.05 Å². The number of anilines is 4. The quantitative estimate of drug-likeness (QED) is 0.505. The number of sulfonamides is 1. The summed E-state index contributed by atoms with van der Waals surface area (Å²) in [5.41, 5.74) is 1.94. The minimum Gasteiger partial charge on any atom is -0.454 e. The number of nitrogens with zero attached hydrogens (tertiary/aromatic N) is 2. The third-order valence-corrected chi connectivity index (χ3v) is 5.93. The maximum atomic E-state index is 11.6. The maximum Gasteiger partial charge on any atom is 0.231 e. The van der Waals surface area contributed by atoms with Gasteiger partial charge in [0.25, 0.3) is 0 Å². The van der Waals surface area contributed by atoms with Crippen molar-refractivity contribution in [1.82, 2.24) is 14.7 Å². The molecule has 3 N–H and O–H groups in total. The second-order valence-electron chi connectivity index (χ2n) is 6.33. The third-order valence-electron chi connectivity index (χ3n) is 4.27. The van der Waals surface area contributed by atoms with Crippen LogP contribution < -0.4 is 24.8 Å². The predicted octanol–water partition coefficient (Wildman–Crippen LogP) is 3.40. The van der Waals surface area contributed by atoms with Crippen molar-refractivity contribution in [2.75, 3.05) is 24.5 Å². The number of hydrogen-bond acceptors (Lipinski definition) is 8. The number of fused-ring (bicyclic) bond motifs is 1. The van der Waals surface area contributed by atoms with Crippen molar-refractivity contribution in [2.45, 2.75) is 5.75 Å². The summed E-state index contributed by atoms with van der Waals surface area (Å²) < 4.78 is 36.4. The zero-order chi connectivity index (χ0) is 21.1. The van der Waals surface area contributed by atoms with Gasteiger partial charge in [-0.2, -0.15) is 4.98 Å². The van der Waals surface area contributed by atoms with Gasteiger partial charge in [0.05, 0.1) is 10.8 Å². The molecule has 0 fully saturated rings. The molecular formula is C19H18ClN5O4S. The molecule has 9 nitrogen and oxygen atoms in total. The first-order chi connectivity index (χ1) is 14.4. The lowest BCUT2D eigenvalue weighted by molar-refractivity contribution is 0.174. The molecule has 3 aromatic rings. The highest BCUT2D eigenvalue weighted by Crippen LogP contribution is 2.44. The minimum atomic E-state index is -3.32. The van der Waals surface area contributed by atoms with Crippen LogP contribution in [0.5, 0.6) is 11.5 Å². The normalized spacial score (nSPS) is 12.6. The molecule has 0 radical (unpaired) electrons. The molecule has 0 spiro atoms. The van der Waals surface area contributed by atoms with Crippen LogP contribution in [0.15, 0.2) is 48.7 Å². The van der Waals surface area contributed by atoms with E-state index in [0.29, 0.717) is 45.2 Å². The van der Waals surface area contributed by atoms with Crippen LogP contribution in [-0.4, -0.2) is 32.2 Å². The molecule has 1 aromatic heterocycles. The summed E-state index contributed by atoms with van der Waals surface area (Å²) >= 11 is 6.29. The van der Waals surface area contributed by atoms with Gasteiger partial charge in [-0.3, -0.25) is 0 Å². The second kappa shape index (κ2) is 8.34. The predicted molar refractivity (Wildman–Crippen MR) is 114 cm³/mol. The topological polar surface area (TPSA) is 114 Å². The van der Waals surface area contributed by atoms with Gasteiger partial charge in [0, 0.05) is 11.9 Å². The SMILES string of the molecule is CNS(=O)(=O)Cc1ccc(Nc2nccc(Nc3c(Cl)ccc4c3OCO4)n2)cc1. The summed E-state index contributed by atoms with van der Waals surface area (Å²) in [6.07, 6.45) is 1.60. The zero-order valence-corrected chi connectivity index (χ0v) is 17.4. The molecule has 2 aromatic carbocycles. The Morgan fingerprint density at radius 3 is 2.63 bits per heavy atom. The first-order valence-electron chi connectivity index (χ1n) is 8.89. The van der Waals surface area contributed by atoms with Gasteiger partial charge >= 0.3 is 0 Å². The van der Waals surface area contributed by atoms with E-state index < -0.39 is 10.0 Å². The first-order valence-corrected chi connectivity index (χ1v) is 10.9. The molecule has 0 aliphatic carbocycles. The van der Waals surface area contributed by atoms with Crippen molar-refractivity contribution in [2.24, 2.45) is 0 Å². The Labute approximate surface area is 178 Å². The number of ether oxygens (including phenoxy) is 2. The van der Waals surface area contributed by atoms with Crippen molar-refractivity contribution in [3.63, 3.8) is 0 Å². The van der Waals surface area contributed by atoms with E-state index in [1.54, 1.807) is 48.7 Å². The van der Waals surface area contributed by atoms with E-state index in [2.05, 4.69) is 25.3 Å². The lowest BCUT2D eigenvalue weighted by Crippen LogP contribution is -2.20.